The third-order valence-electron chi connectivity index (χ3n) is 3.62. The maximum atomic E-state index is 12.3. The second-order valence-corrected chi connectivity index (χ2v) is 5.57. The van der Waals surface area contributed by atoms with E-state index in [1.807, 2.05) is 31.2 Å². The third kappa shape index (κ3) is 4.88. The van der Waals surface area contributed by atoms with Gasteiger partial charge in [-0.3, -0.25) is 9.59 Å². The Labute approximate surface area is 126 Å². The maximum absolute atomic E-state index is 12.3. The number of amides is 1. The molecule has 0 unspecified atom stereocenters. The molecule has 1 aromatic rings. The molecule has 0 saturated heterocycles. The predicted octanol–water partition coefficient (Wildman–Crippen LogP) is 2.69. The van der Waals surface area contributed by atoms with Gasteiger partial charge in [0.25, 0.3) is 0 Å². The van der Waals surface area contributed by atoms with Gasteiger partial charge in [-0.15, -0.1) is 0 Å². The van der Waals surface area contributed by atoms with E-state index in [-0.39, 0.29) is 24.2 Å². The molecule has 114 valence electrons. The van der Waals surface area contributed by atoms with E-state index < -0.39 is 0 Å². The van der Waals surface area contributed by atoms with E-state index >= 15 is 0 Å². The van der Waals surface area contributed by atoms with Gasteiger partial charge in [0.15, 0.2) is 0 Å². The zero-order valence-electron chi connectivity index (χ0n) is 12.8. The fourth-order valence-corrected chi connectivity index (χ4v) is 2.23. The van der Waals surface area contributed by atoms with Crippen molar-refractivity contribution in [1.29, 1.82) is 0 Å². The second kappa shape index (κ2) is 7.25. The Hall–Kier alpha value is -1.84. The van der Waals surface area contributed by atoms with E-state index in [9.17, 15) is 9.59 Å². The molecule has 0 spiro atoms. The number of aryl methyl sites for hydroxylation is 1. The minimum absolute atomic E-state index is 0.164. The Morgan fingerprint density at radius 3 is 2.48 bits per heavy atom. The van der Waals surface area contributed by atoms with E-state index in [0.29, 0.717) is 19.7 Å². The summed E-state index contributed by atoms with van der Waals surface area (Å²) in [6.45, 7) is 5.21. The predicted molar refractivity (Wildman–Crippen MR) is 80.6 cm³/mol. The molecule has 1 aliphatic carbocycles. The summed E-state index contributed by atoms with van der Waals surface area (Å²) in [5.41, 5.74) is 2.30. The summed E-state index contributed by atoms with van der Waals surface area (Å²) in [5.74, 6) is 0.0903. The first kappa shape index (κ1) is 15.5. The lowest BCUT2D eigenvalue weighted by Gasteiger charge is -2.22. The van der Waals surface area contributed by atoms with Crippen molar-refractivity contribution < 1.29 is 14.3 Å². The highest BCUT2D eigenvalue weighted by Crippen LogP contribution is 2.31. The first-order valence-corrected chi connectivity index (χ1v) is 7.60. The maximum Gasteiger partial charge on any atom is 0.307 e. The van der Waals surface area contributed by atoms with Crippen LogP contribution in [0, 0.1) is 12.8 Å². The first-order chi connectivity index (χ1) is 10.1. The summed E-state index contributed by atoms with van der Waals surface area (Å²) in [6, 6.07) is 8.15. The molecule has 0 radical (unpaired) electrons. The number of esters is 1. The molecule has 0 heterocycles. The number of nitrogens with zero attached hydrogens (tertiary/aromatic N) is 1. The van der Waals surface area contributed by atoms with E-state index in [1.54, 1.807) is 11.8 Å². The highest BCUT2D eigenvalue weighted by Gasteiger charge is 2.33. The largest absolute Gasteiger partial charge is 0.466 e. The highest BCUT2D eigenvalue weighted by atomic mass is 16.5. The van der Waals surface area contributed by atoms with Crippen molar-refractivity contribution in [3.63, 3.8) is 0 Å². The Morgan fingerprint density at radius 1 is 1.24 bits per heavy atom. The van der Waals surface area contributed by atoms with Crippen LogP contribution in [-0.2, 0) is 20.9 Å². The van der Waals surface area contributed by atoms with Crippen molar-refractivity contribution >= 4 is 11.9 Å². The van der Waals surface area contributed by atoms with Crippen LogP contribution in [0.1, 0.15) is 37.3 Å². The second-order valence-electron chi connectivity index (χ2n) is 5.57. The Morgan fingerprint density at radius 2 is 1.90 bits per heavy atom. The van der Waals surface area contributed by atoms with Crippen LogP contribution in [0.25, 0.3) is 0 Å². The van der Waals surface area contributed by atoms with Crippen molar-refractivity contribution in [2.24, 2.45) is 5.92 Å². The summed E-state index contributed by atoms with van der Waals surface area (Å²) in [6.07, 6.45) is 2.21. The molecule has 1 fully saturated rings. The van der Waals surface area contributed by atoms with Gasteiger partial charge in [0.1, 0.15) is 0 Å². The fraction of sp³-hybridized carbons (Fsp3) is 0.529. The van der Waals surface area contributed by atoms with Crippen LogP contribution >= 0.6 is 0 Å². The highest BCUT2D eigenvalue weighted by molar-refractivity contribution is 5.81. The lowest BCUT2D eigenvalue weighted by Crippen LogP contribution is -2.34. The molecule has 1 aromatic carbocycles. The summed E-state index contributed by atoms with van der Waals surface area (Å²) < 4.78 is 4.94. The number of rotatable bonds is 7. The topological polar surface area (TPSA) is 46.6 Å². The zero-order valence-corrected chi connectivity index (χ0v) is 12.8. The van der Waals surface area contributed by atoms with E-state index in [1.165, 1.54) is 5.56 Å². The minimum Gasteiger partial charge on any atom is -0.466 e. The van der Waals surface area contributed by atoms with E-state index in [2.05, 4.69) is 0 Å². The molecule has 0 aliphatic heterocycles. The lowest BCUT2D eigenvalue weighted by molar-refractivity contribution is -0.144. The molecule has 1 aliphatic rings. The molecular weight excluding hydrogens is 266 g/mol. The van der Waals surface area contributed by atoms with Crippen LogP contribution in [0.3, 0.4) is 0 Å². The molecule has 21 heavy (non-hydrogen) atoms. The van der Waals surface area contributed by atoms with Crippen molar-refractivity contribution in [3.05, 3.63) is 35.4 Å². The zero-order chi connectivity index (χ0) is 15.2. The van der Waals surface area contributed by atoms with Crippen LogP contribution in [0.2, 0.25) is 0 Å². The molecule has 0 bridgehead atoms. The van der Waals surface area contributed by atoms with Gasteiger partial charge in [0.2, 0.25) is 5.91 Å². The molecule has 4 heteroatoms. The fourth-order valence-electron chi connectivity index (χ4n) is 2.23. The van der Waals surface area contributed by atoms with Crippen LogP contribution in [0.4, 0.5) is 0 Å². The average Bonchev–Trinajstić information content (AvgIpc) is 3.29. The first-order valence-electron chi connectivity index (χ1n) is 7.60. The summed E-state index contributed by atoms with van der Waals surface area (Å²) >= 11 is 0. The Balaban J connectivity index is 1.96. The molecule has 2 rings (SSSR count). The lowest BCUT2D eigenvalue weighted by atomic mass is 10.1. The van der Waals surface area contributed by atoms with Gasteiger partial charge in [-0.1, -0.05) is 29.8 Å². The molecule has 4 nitrogen and oxygen atoms in total. The summed E-state index contributed by atoms with van der Waals surface area (Å²) in [5, 5.41) is 0. The van der Waals surface area contributed by atoms with Gasteiger partial charge in [0.05, 0.1) is 13.0 Å². The molecular formula is C17H23NO3. The molecule has 0 atom stereocenters. The Kier molecular flexibility index (Phi) is 5.37. The Bertz CT molecular complexity index is 491. The van der Waals surface area contributed by atoms with Crippen molar-refractivity contribution in [2.75, 3.05) is 13.2 Å². The third-order valence-corrected chi connectivity index (χ3v) is 3.62. The summed E-state index contributed by atoms with van der Waals surface area (Å²) in [7, 11) is 0. The normalized spacial score (nSPS) is 13.8. The van der Waals surface area contributed by atoms with Gasteiger partial charge in [-0.2, -0.15) is 0 Å². The monoisotopic (exact) mass is 289 g/mol. The van der Waals surface area contributed by atoms with Crippen molar-refractivity contribution in [2.45, 2.75) is 39.7 Å². The smallest absolute Gasteiger partial charge is 0.307 e. The number of ether oxygens (including phenoxy) is 1. The molecule has 1 saturated carbocycles. The van der Waals surface area contributed by atoms with Crippen LogP contribution in [-0.4, -0.2) is 29.9 Å². The van der Waals surface area contributed by atoms with E-state index in [0.717, 1.165) is 18.4 Å². The van der Waals surface area contributed by atoms with Crippen molar-refractivity contribution in [1.82, 2.24) is 4.90 Å². The SMILES string of the molecule is CCOC(=O)CCN(Cc1ccc(C)cc1)C(=O)C1CC1. The van der Waals surface area contributed by atoms with Crippen molar-refractivity contribution in [3.8, 4) is 0 Å². The molecule has 1 amide bonds. The van der Waals surface area contributed by atoms with Gasteiger partial charge in [-0.05, 0) is 32.3 Å². The van der Waals surface area contributed by atoms with Crippen LogP contribution in [0.15, 0.2) is 24.3 Å². The van der Waals surface area contributed by atoms with Gasteiger partial charge >= 0.3 is 5.97 Å². The van der Waals surface area contributed by atoms with E-state index in [4.69, 9.17) is 4.74 Å². The van der Waals surface area contributed by atoms with Gasteiger partial charge in [0, 0.05) is 19.0 Å². The standard InChI is InChI=1S/C17H23NO3/c1-3-21-16(19)10-11-18(17(20)15-8-9-15)12-14-6-4-13(2)5-7-14/h4-7,15H,3,8-12H2,1-2H3. The van der Waals surface area contributed by atoms with Gasteiger partial charge < -0.3 is 9.64 Å². The number of hydrogen-bond acceptors (Lipinski definition) is 3. The quantitative estimate of drug-likeness (QED) is 0.725. The number of carbonyl (C=O) groups excluding carboxylic acids is 2. The number of hydrogen-bond donors (Lipinski definition) is 0. The number of carbonyl (C=O) groups is 2. The minimum atomic E-state index is -0.241. The molecule has 0 aromatic heterocycles. The average molecular weight is 289 g/mol. The summed E-state index contributed by atoms with van der Waals surface area (Å²) in [4.78, 5) is 25.6. The number of benzene rings is 1. The van der Waals surface area contributed by atoms with Crippen LogP contribution < -0.4 is 0 Å². The van der Waals surface area contributed by atoms with Gasteiger partial charge in [-0.25, -0.2) is 0 Å². The van der Waals surface area contributed by atoms with Crippen LogP contribution in [0.5, 0.6) is 0 Å². The molecule has 0 N–H and O–H groups in total.